The summed E-state index contributed by atoms with van der Waals surface area (Å²) in [6.45, 7) is 3.92. The highest BCUT2D eigenvalue weighted by Crippen LogP contribution is 2.38. The Hall–Kier alpha value is -3.56. The van der Waals surface area contributed by atoms with E-state index in [0.29, 0.717) is 29.0 Å². The van der Waals surface area contributed by atoms with Crippen LogP contribution in [0.25, 0.3) is 11.1 Å². The fourth-order valence-electron chi connectivity index (χ4n) is 3.89. The topological polar surface area (TPSA) is 79.2 Å². The second-order valence-electron chi connectivity index (χ2n) is 8.37. The van der Waals surface area contributed by atoms with E-state index in [1.807, 2.05) is 18.2 Å². The van der Waals surface area contributed by atoms with E-state index in [4.69, 9.17) is 9.47 Å². The van der Waals surface area contributed by atoms with Crippen molar-refractivity contribution in [3.8, 4) is 16.9 Å². The third-order valence-corrected chi connectivity index (χ3v) is 5.69. The van der Waals surface area contributed by atoms with Gasteiger partial charge in [0.05, 0.1) is 12.2 Å². The maximum atomic E-state index is 13.6. The van der Waals surface area contributed by atoms with E-state index < -0.39 is 24.1 Å². The number of hydrogen-bond acceptors (Lipinski definition) is 5. The predicted molar refractivity (Wildman–Crippen MR) is 133 cm³/mol. The molecule has 0 fully saturated rings. The molecule has 0 heterocycles. The Kier molecular flexibility index (Phi) is 9.54. The van der Waals surface area contributed by atoms with Crippen LogP contribution in [0.2, 0.25) is 0 Å². The Bertz CT molecular complexity index is 1180. The van der Waals surface area contributed by atoms with Crippen LogP contribution in [-0.2, 0) is 30.5 Å². The molecule has 2 N–H and O–H groups in total. The van der Waals surface area contributed by atoms with E-state index in [9.17, 15) is 28.2 Å². The predicted octanol–water partition coefficient (Wildman–Crippen LogP) is 5.78. The first-order chi connectivity index (χ1) is 17.6. The molecule has 0 saturated carbocycles. The molecule has 0 aliphatic heterocycles. The van der Waals surface area contributed by atoms with Gasteiger partial charge < -0.3 is 24.6 Å². The third kappa shape index (κ3) is 7.71. The average Bonchev–Trinajstić information content (AvgIpc) is 2.86. The number of benzene rings is 3. The third-order valence-electron chi connectivity index (χ3n) is 5.69. The normalized spacial score (nSPS) is 11.5. The maximum Gasteiger partial charge on any atom is 0.416 e. The van der Waals surface area contributed by atoms with Crippen LogP contribution in [0.5, 0.6) is 5.75 Å². The van der Waals surface area contributed by atoms with Crippen molar-refractivity contribution in [2.24, 2.45) is 0 Å². The summed E-state index contributed by atoms with van der Waals surface area (Å²) < 4.78 is 52.0. The van der Waals surface area contributed by atoms with E-state index >= 15 is 0 Å². The fraction of sp³-hybridized carbons (Fsp3) is 0.321. The summed E-state index contributed by atoms with van der Waals surface area (Å²) in [5, 5.41) is 18.8. The SMILES string of the molecule is CCOc1ccc(CC(O)O)cc1-c1ccc(C(F)(F)F)cc1CN(CC)C(=O)OCc1ccccc1. The Morgan fingerprint density at radius 3 is 2.30 bits per heavy atom. The summed E-state index contributed by atoms with van der Waals surface area (Å²) >= 11 is 0. The van der Waals surface area contributed by atoms with Crippen LogP contribution in [-0.4, -0.2) is 40.6 Å². The highest BCUT2D eigenvalue weighted by atomic mass is 19.4. The van der Waals surface area contributed by atoms with Crippen LogP contribution >= 0.6 is 0 Å². The molecule has 0 bridgehead atoms. The molecule has 0 aromatic heterocycles. The number of carbonyl (C=O) groups is 1. The van der Waals surface area contributed by atoms with E-state index in [2.05, 4.69) is 0 Å². The van der Waals surface area contributed by atoms with Crippen molar-refractivity contribution in [2.45, 2.75) is 45.9 Å². The van der Waals surface area contributed by atoms with Crippen molar-refractivity contribution in [2.75, 3.05) is 13.2 Å². The number of ether oxygens (including phenoxy) is 2. The van der Waals surface area contributed by atoms with Crippen molar-refractivity contribution in [3.05, 3.63) is 89.0 Å². The molecule has 6 nitrogen and oxygen atoms in total. The standard InChI is InChI=1S/C28H30F3NO5/c1-3-32(27(35)37-18-19-8-6-5-7-9-19)17-21-16-22(28(29,30)31)11-12-23(21)24-14-20(15-26(33)34)10-13-25(24)36-4-2/h5-14,16,26,33-34H,3-4,15,17-18H2,1-2H3. The highest BCUT2D eigenvalue weighted by Gasteiger charge is 2.32. The van der Waals surface area contributed by atoms with Gasteiger partial charge in [-0.2, -0.15) is 13.2 Å². The van der Waals surface area contributed by atoms with Gasteiger partial charge in [0.25, 0.3) is 0 Å². The van der Waals surface area contributed by atoms with Gasteiger partial charge in [0.2, 0.25) is 0 Å². The number of hydrogen-bond donors (Lipinski definition) is 2. The number of amides is 1. The van der Waals surface area contributed by atoms with Crippen LogP contribution in [0, 0.1) is 0 Å². The second-order valence-corrected chi connectivity index (χ2v) is 8.37. The molecule has 0 spiro atoms. The van der Waals surface area contributed by atoms with Crippen LogP contribution in [0.3, 0.4) is 0 Å². The average molecular weight is 518 g/mol. The van der Waals surface area contributed by atoms with E-state index in [0.717, 1.165) is 17.7 Å². The number of carbonyl (C=O) groups excluding carboxylic acids is 1. The van der Waals surface area contributed by atoms with Crippen LogP contribution in [0.15, 0.2) is 66.7 Å². The van der Waals surface area contributed by atoms with Crippen molar-refractivity contribution in [1.82, 2.24) is 4.90 Å². The quantitative estimate of drug-likeness (QED) is 0.333. The molecule has 198 valence electrons. The highest BCUT2D eigenvalue weighted by molar-refractivity contribution is 5.75. The molecule has 0 radical (unpaired) electrons. The fourth-order valence-corrected chi connectivity index (χ4v) is 3.89. The molecule has 1 amide bonds. The van der Waals surface area contributed by atoms with Crippen molar-refractivity contribution in [1.29, 1.82) is 0 Å². The van der Waals surface area contributed by atoms with Gasteiger partial charge in [0, 0.05) is 25.1 Å². The Labute approximate surface area is 213 Å². The molecule has 0 saturated heterocycles. The minimum atomic E-state index is -4.58. The molecule has 37 heavy (non-hydrogen) atoms. The molecule has 0 unspecified atom stereocenters. The smallest absolute Gasteiger partial charge is 0.416 e. The summed E-state index contributed by atoms with van der Waals surface area (Å²) in [4.78, 5) is 14.2. The zero-order valence-electron chi connectivity index (χ0n) is 20.7. The Balaban J connectivity index is 2.00. The zero-order chi connectivity index (χ0) is 27.0. The Morgan fingerprint density at radius 2 is 1.68 bits per heavy atom. The van der Waals surface area contributed by atoms with Crippen LogP contribution < -0.4 is 4.74 Å². The van der Waals surface area contributed by atoms with Gasteiger partial charge in [-0.25, -0.2) is 4.79 Å². The zero-order valence-corrected chi connectivity index (χ0v) is 20.7. The monoisotopic (exact) mass is 517 g/mol. The summed E-state index contributed by atoms with van der Waals surface area (Å²) in [6, 6.07) is 17.4. The number of aliphatic hydroxyl groups excluding tert-OH is 1. The van der Waals surface area contributed by atoms with Gasteiger partial charge in [0.15, 0.2) is 6.29 Å². The van der Waals surface area contributed by atoms with Crippen LogP contribution in [0.1, 0.15) is 36.1 Å². The number of rotatable bonds is 10. The number of alkyl halides is 3. The van der Waals surface area contributed by atoms with Crippen molar-refractivity contribution in [3.63, 3.8) is 0 Å². The van der Waals surface area contributed by atoms with Gasteiger partial charge >= 0.3 is 12.3 Å². The summed E-state index contributed by atoms with van der Waals surface area (Å²) in [6.07, 6.45) is -6.89. The lowest BCUT2D eigenvalue weighted by Gasteiger charge is -2.24. The second kappa shape index (κ2) is 12.6. The molecule has 3 rings (SSSR count). The molecular formula is C28H30F3NO5. The minimum absolute atomic E-state index is 0.0334. The molecule has 3 aromatic carbocycles. The van der Waals surface area contributed by atoms with E-state index in [1.165, 1.54) is 11.0 Å². The van der Waals surface area contributed by atoms with Crippen LogP contribution in [0.4, 0.5) is 18.0 Å². The van der Waals surface area contributed by atoms with Gasteiger partial charge in [-0.1, -0.05) is 42.5 Å². The molecule has 0 aliphatic carbocycles. The lowest BCUT2D eigenvalue weighted by molar-refractivity contribution is -0.137. The maximum absolute atomic E-state index is 13.6. The molecular weight excluding hydrogens is 487 g/mol. The lowest BCUT2D eigenvalue weighted by Crippen LogP contribution is -2.31. The summed E-state index contributed by atoms with van der Waals surface area (Å²) in [5.41, 5.74) is 1.66. The largest absolute Gasteiger partial charge is 0.493 e. The first-order valence-corrected chi connectivity index (χ1v) is 11.9. The van der Waals surface area contributed by atoms with Crippen molar-refractivity contribution >= 4 is 6.09 Å². The lowest BCUT2D eigenvalue weighted by atomic mass is 9.94. The Morgan fingerprint density at radius 1 is 0.946 bits per heavy atom. The summed E-state index contributed by atoms with van der Waals surface area (Å²) in [7, 11) is 0. The first kappa shape index (κ1) is 28.0. The van der Waals surface area contributed by atoms with Gasteiger partial charge in [0.1, 0.15) is 12.4 Å². The van der Waals surface area contributed by atoms with Gasteiger partial charge in [-0.05, 0) is 60.4 Å². The molecule has 0 aliphatic rings. The minimum Gasteiger partial charge on any atom is -0.493 e. The number of nitrogens with zero attached hydrogens (tertiary/aromatic N) is 1. The van der Waals surface area contributed by atoms with E-state index in [-0.39, 0.29) is 31.7 Å². The molecule has 0 atom stereocenters. The summed E-state index contributed by atoms with van der Waals surface area (Å²) in [5.74, 6) is 0.425. The molecule has 9 heteroatoms. The first-order valence-electron chi connectivity index (χ1n) is 11.9. The van der Waals surface area contributed by atoms with E-state index in [1.54, 1.807) is 44.2 Å². The number of halogens is 3. The van der Waals surface area contributed by atoms with Gasteiger partial charge in [-0.3, -0.25) is 0 Å². The van der Waals surface area contributed by atoms with Gasteiger partial charge in [-0.15, -0.1) is 0 Å². The van der Waals surface area contributed by atoms with Crippen molar-refractivity contribution < 1.29 is 37.7 Å². The number of aliphatic hydroxyl groups is 2. The molecule has 3 aromatic rings.